The van der Waals surface area contributed by atoms with Crippen LogP contribution in [0.3, 0.4) is 0 Å². The summed E-state index contributed by atoms with van der Waals surface area (Å²) in [6.45, 7) is 8.23. The fraction of sp³-hybridized carbons (Fsp3) is 0.750. The number of likely N-dealkylation sites (tertiary alicyclic amines) is 1. The Labute approximate surface area is 127 Å². The molecule has 0 unspecified atom stereocenters. The van der Waals surface area contributed by atoms with E-state index >= 15 is 0 Å². The fourth-order valence-electron chi connectivity index (χ4n) is 3.69. The summed E-state index contributed by atoms with van der Waals surface area (Å²) in [7, 11) is 0. The van der Waals surface area contributed by atoms with Gasteiger partial charge in [0.15, 0.2) is 0 Å². The molecule has 0 aliphatic carbocycles. The van der Waals surface area contributed by atoms with E-state index in [-0.39, 0.29) is 0 Å². The molecule has 1 aromatic heterocycles. The van der Waals surface area contributed by atoms with E-state index < -0.39 is 0 Å². The maximum Gasteiger partial charge on any atom is 0.137 e. The van der Waals surface area contributed by atoms with Crippen LogP contribution < -0.4 is 10.6 Å². The number of aromatic nitrogens is 2. The van der Waals surface area contributed by atoms with E-state index in [9.17, 15) is 0 Å². The average molecular weight is 289 g/mol. The van der Waals surface area contributed by atoms with Crippen LogP contribution >= 0.6 is 0 Å². The first-order chi connectivity index (χ1) is 10.3. The molecule has 0 aromatic carbocycles. The molecule has 116 valence electrons. The van der Waals surface area contributed by atoms with Crippen molar-refractivity contribution in [3.05, 3.63) is 11.9 Å². The van der Waals surface area contributed by atoms with Gasteiger partial charge in [0.05, 0.1) is 0 Å². The second kappa shape index (κ2) is 6.60. The second-order valence-electron chi connectivity index (χ2n) is 6.35. The summed E-state index contributed by atoms with van der Waals surface area (Å²) >= 11 is 0. The lowest BCUT2D eigenvalue weighted by atomic mass is 9.96. The zero-order valence-corrected chi connectivity index (χ0v) is 13.1. The molecule has 3 heterocycles. The Morgan fingerprint density at radius 1 is 1.14 bits per heavy atom. The predicted molar refractivity (Wildman–Crippen MR) is 86.4 cm³/mol. The van der Waals surface area contributed by atoms with Gasteiger partial charge < -0.3 is 15.5 Å². The summed E-state index contributed by atoms with van der Waals surface area (Å²) in [5.41, 5.74) is 7.10. The summed E-state index contributed by atoms with van der Waals surface area (Å²) in [6, 6.07) is 0. The third-order valence-electron chi connectivity index (χ3n) is 4.94. The van der Waals surface area contributed by atoms with Crippen LogP contribution in [0.5, 0.6) is 0 Å². The highest BCUT2D eigenvalue weighted by Gasteiger charge is 2.24. The summed E-state index contributed by atoms with van der Waals surface area (Å²) in [4.78, 5) is 13.6. The van der Waals surface area contributed by atoms with Crippen molar-refractivity contribution < 1.29 is 0 Å². The number of nitrogen functional groups attached to an aromatic ring is 1. The van der Waals surface area contributed by atoms with Crippen molar-refractivity contribution >= 4 is 11.6 Å². The van der Waals surface area contributed by atoms with Gasteiger partial charge in [-0.3, -0.25) is 0 Å². The zero-order valence-electron chi connectivity index (χ0n) is 13.1. The average Bonchev–Trinajstić information content (AvgIpc) is 3.01. The van der Waals surface area contributed by atoms with Gasteiger partial charge in [0.2, 0.25) is 0 Å². The van der Waals surface area contributed by atoms with E-state index in [0.717, 1.165) is 36.8 Å². The number of hydrogen-bond donors (Lipinski definition) is 1. The molecule has 2 aliphatic heterocycles. The minimum Gasteiger partial charge on any atom is -0.383 e. The molecule has 0 bridgehead atoms. The molecule has 5 nitrogen and oxygen atoms in total. The Morgan fingerprint density at radius 3 is 2.52 bits per heavy atom. The standard InChI is InChI=1S/C16H27N5/c1-2-14-15(17)18-12-19-16(14)21-9-5-13(6-10-21)11-20-7-3-4-8-20/h12-13H,2-11H2,1H3,(H2,17,18,19). The number of nitrogens with two attached hydrogens (primary N) is 1. The van der Waals surface area contributed by atoms with Gasteiger partial charge in [-0.15, -0.1) is 0 Å². The van der Waals surface area contributed by atoms with Crippen LogP contribution in [0.25, 0.3) is 0 Å². The van der Waals surface area contributed by atoms with E-state index in [2.05, 4.69) is 26.7 Å². The summed E-state index contributed by atoms with van der Waals surface area (Å²) < 4.78 is 0. The highest BCUT2D eigenvalue weighted by molar-refractivity contribution is 5.56. The first kappa shape index (κ1) is 14.6. The molecule has 0 saturated carbocycles. The predicted octanol–water partition coefficient (Wildman–Crippen LogP) is 1.93. The Morgan fingerprint density at radius 2 is 1.86 bits per heavy atom. The summed E-state index contributed by atoms with van der Waals surface area (Å²) in [5, 5.41) is 0. The third-order valence-corrected chi connectivity index (χ3v) is 4.94. The number of nitrogens with zero attached hydrogens (tertiary/aromatic N) is 4. The van der Waals surface area contributed by atoms with Crippen molar-refractivity contribution in [1.29, 1.82) is 0 Å². The van der Waals surface area contributed by atoms with Gasteiger partial charge in [0, 0.05) is 25.2 Å². The van der Waals surface area contributed by atoms with Gasteiger partial charge in [-0.1, -0.05) is 6.92 Å². The summed E-state index contributed by atoms with van der Waals surface area (Å²) in [5.74, 6) is 2.55. The molecular formula is C16H27N5. The Kier molecular flexibility index (Phi) is 4.58. The lowest BCUT2D eigenvalue weighted by Gasteiger charge is -2.35. The van der Waals surface area contributed by atoms with Gasteiger partial charge in [-0.2, -0.15) is 0 Å². The molecule has 0 spiro atoms. The Balaban J connectivity index is 1.59. The van der Waals surface area contributed by atoms with Gasteiger partial charge >= 0.3 is 0 Å². The van der Waals surface area contributed by atoms with Gasteiger partial charge in [-0.25, -0.2) is 9.97 Å². The maximum absolute atomic E-state index is 5.99. The second-order valence-corrected chi connectivity index (χ2v) is 6.35. The molecule has 1 aromatic rings. The van der Waals surface area contributed by atoms with Crippen molar-refractivity contribution in [3.63, 3.8) is 0 Å². The van der Waals surface area contributed by atoms with E-state index in [1.807, 2.05) is 0 Å². The number of anilines is 2. The van der Waals surface area contributed by atoms with Crippen molar-refractivity contribution in [2.75, 3.05) is 43.4 Å². The molecule has 2 saturated heterocycles. The van der Waals surface area contributed by atoms with Crippen LogP contribution in [-0.2, 0) is 6.42 Å². The third kappa shape index (κ3) is 3.28. The largest absolute Gasteiger partial charge is 0.383 e. The first-order valence-corrected chi connectivity index (χ1v) is 8.34. The zero-order chi connectivity index (χ0) is 14.7. The van der Waals surface area contributed by atoms with E-state index in [0.29, 0.717) is 5.82 Å². The highest BCUT2D eigenvalue weighted by Crippen LogP contribution is 2.27. The van der Waals surface area contributed by atoms with Crippen LogP contribution in [0, 0.1) is 5.92 Å². The first-order valence-electron chi connectivity index (χ1n) is 8.34. The SMILES string of the molecule is CCc1c(N)ncnc1N1CCC(CN2CCCC2)CC1. The number of rotatable bonds is 4. The normalized spacial score (nSPS) is 21.1. The van der Waals surface area contributed by atoms with Crippen molar-refractivity contribution in [2.24, 2.45) is 5.92 Å². The quantitative estimate of drug-likeness (QED) is 0.918. The van der Waals surface area contributed by atoms with Crippen LogP contribution in [0.2, 0.25) is 0 Å². The van der Waals surface area contributed by atoms with Crippen molar-refractivity contribution in [1.82, 2.24) is 14.9 Å². The van der Waals surface area contributed by atoms with Gasteiger partial charge in [0.25, 0.3) is 0 Å². The molecule has 21 heavy (non-hydrogen) atoms. The van der Waals surface area contributed by atoms with Crippen LogP contribution in [0.4, 0.5) is 11.6 Å². The molecule has 0 radical (unpaired) electrons. The molecule has 0 atom stereocenters. The number of hydrogen-bond acceptors (Lipinski definition) is 5. The smallest absolute Gasteiger partial charge is 0.137 e. The lowest BCUT2D eigenvalue weighted by molar-refractivity contribution is 0.249. The fourth-order valence-corrected chi connectivity index (χ4v) is 3.69. The number of piperidine rings is 1. The molecule has 5 heteroatoms. The molecule has 2 N–H and O–H groups in total. The topological polar surface area (TPSA) is 58.3 Å². The summed E-state index contributed by atoms with van der Waals surface area (Å²) in [6.07, 6.45) is 7.81. The van der Waals surface area contributed by atoms with Gasteiger partial charge in [0.1, 0.15) is 18.0 Å². The molecule has 0 amide bonds. The minimum absolute atomic E-state index is 0.640. The highest BCUT2D eigenvalue weighted by atomic mass is 15.2. The van der Waals surface area contributed by atoms with Crippen LogP contribution in [0.1, 0.15) is 38.2 Å². The van der Waals surface area contributed by atoms with Crippen LogP contribution in [-0.4, -0.2) is 47.6 Å². The Hall–Kier alpha value is -1.36. The minimum atomic E-state index is 0.640. The molecule has 3 rings (SSSR count). The Bertz CT molecular complexity index is 462. The van der Waals surface area contributed by atoms with E-state index in [1.165, 1.54) is 45.3 Å². The van der Waals surface area contributed by atoms with Gasteiger partial charge in [-0.05, 0) is 51.1 Å². The molecule has 2 aliphatic rings. The molecule has 2 fully saturated rings. The van der Waals surface area contributed by atoms with Crippen molar-refractivity contribution in [2.45, 2.75) is 39.0 Å². The molecular weight excluding hydrogens is 262 g/mol. The maximum atomic E-state index is 5.99. The van der Waals surface area contributed by atoms with Crippen LogP contribution in [0.15, 0.2) is 6.33 Å². The van der Waals surface area contributed by atoms with Crippen molar-refractivity contribution in [3.8, 4) is 0 Å². The van der Waals surface area contributed by atoms with E-state index in [4.69, 9.17) is 5.73 Å². The van der Waals surface area contributed by atoms with E-state index in [1.54, 1.807) is 6.33 Å². The monoisotopic (exact) mass is 289 g/mol. The lowest BCUT2D eigenvalue weighted by Crippen LogP contribution is -2.39.